The second-order valence-electron chi connectivity index (χ2n) is 7.47. The van der Waals surface area contributed by atoms with Gasteiger partial charge in [-0.2, -0.15) is 15.0 Å². The van der Waals surface area contributed by atoms with E-state index in [1.165, 1.54) is 7.11 Å². The first kappa shape index (κ1) is 20.2. The van der Waals surface area contributed by atoms with E-state index in [4.69, 9.17) is 14.2 Å². The Labute approximate surface area is 185 Å². The molecule has 5 rings (SSSR count). The Morgan fingerprint density at radius 1 is 1.03 bits per heavy atom. The van der Waals surface area contributed by atoms with Crippen LogP contribution in [0.2, 0.25) is 0 Å². The van der Waals surface area contributed by atoms with E-state index < -0.39 is 5.92 Å². The van der Waals surface area contributed by atoms with Crippen LogP contribution in [0.3, 0.4) is 0 Å². The molecule has 0 spiro atoms. The number of hydrogen-bond acceptors (Lipinski definition) is 8. The molecule has 32 heavy (non-hydrogen) atoms. The van der Waals surface area contributed by atoms with Crippen molar-refractivity contribution in [2.45, 2.75) is 12.5 Å². The lowest BCUT2D eigenvalue weighted by Crippen LogP contribution is -2.38. The fourth-order valence-corrected chi connectivity index (χ4v) is 3.92. The zero-order valence-electron chi connectivity index (χ0n) is 17.7. The Balaban J connectivity index is 1.39. The van der Waals surface area contributed by atoms with E-state index in [9.17, 15) is 4.79 Å². The third-order valence-corrected chi connectivity index (χ3v) is 5.49. The normalized spacial score (nSPS) is 15.3. The fraction of sp³-hybridized carbons (Fsp3) is 0.304. The maximum Gasteiger partial charge on any atom is 0.321 e. The second kappa shape index (κ2) is 8.80. The van der Waals surface area contributed by atoms with Crippen molar-refractivity contribution in [1.29, 1.82) is 0 Å². The van der Waals surface area contributed by atoms with Gasteiger partial charge in [0.2, 0.25) is 11.9 Å². The molecule has 2 aliphatic rings. The van der Waals surface area contributed by atoms with E-state index in [2.05, 4.69) is 20.3 Å². The first-order chi connectivity index (χ1) is 15.7. The standard InChI is InChI=1S/C23H23N5O4/c1-30-23-26-19(25-22(27-23)28-10-12-31-13-11-28)14-24-21(29)20-15-6-2-4-8-17(15)32-18-9-5-3-7-16(18)20/h2-9,20H,10-14H2,1H3,(H,24,29). The SMILES string of the molecule is COc1nc(CNC(=O)C2c3ccccc3Oc3ccccc32)nc(N2CCOCC2)n1. The smallest absolute Gasteiger partial charge is 0.321 e. The maximum absolute atomic E-state index is 13.3. The predicted molar refractivity (Wildman–Crippen MR) is 116 cm³/mol. The Hall–Kier alpha value is -3.72. The molecule has 164 valence electrons. The average molecular weight is 433 g/mol. The molecule has 0 bridgehead atoms. The molecule has 9 heteroatoms. The van der Waals surface area contributed by atoms with Crippen LogP contribution in [0.25, 0.3) is 0 Å². The summed E-state index contributed by atoms with van der Waals surface area (Å²) in [4.78, 5) is 28.6. The van der Waals surface area contributed by atoms with Crippen LogP contribution >= 0.6 is 0 Å². The summed E-state index contributed by atoms with van der Waals surface area (Å²) in [5, 5.41) is 2.99. The van der Waals surface area contributed by atoms with Crippen molar-refractivity contribution in [1.82, 2.24) is 20.3 Å². The summed E-state index contributed by atoms with van der Waals surface area (Å²) in [6.45, 7) is 2.76. The minimum Gasteiger partial charge on any atom is -0.467 e. The lowest BCUT2D eigenvalue weighted by Gasteiger charge is -2.28. The number of aromatic nitrogens is 3. The molecule has 0 aliphatic carbocycles. The summed E-state index contributed by atoms with van der Waals surface area (Å²) in [6.07, 6.45) is 0. The van der Waals surface area contributed by atoms with E-state index in [1.807, 2.05) is 53.4 Å². The Bertz CT molecular complexity index is 1090. The number of carbonyl (C=O) groups is 1. The average Bonchev–Trinajstić information content (AvgIpc) is 2.86. The summed E-state index contributed by atoms with van der Waals surface area (Å²) >= 11 is 0. The van der Waals surface area contributed by atoms with Crippen molar-refractivity contribution in [2.75, 3.05) is 38.3 Å². The number of morpholine rings is 1. The van der Waals surface area contributed by atoms with Crippen LogP contribution in [-0.2, 0) is 16.1 Å². The van der Waals surface area contributed by atoms with Gasteiger partial charge in [0.1, 0.15) is 11.5 Å². The number of nitrogens with one attached hydrogen (secondary N) is 1. The lowest BCUT2D eigenvalue weighted by atomic mass is 9.87. The van der Waals surface area contributed by atoms with Crippen molar-refractivity contribution in [3.8, 4) is 17.5 Å². The number of anilines is 1. The quantitative estimate of drug-likeness (QED) is 0.654. The van der Waals surface area contributed by atoms with Crippen molar-refractivity contribution >= 4 is 11.9 Å². The van der Waals surface area contributed by atoms with E-state index in [0.717, 1.165) is 11.1 Å². The summed E-state index contributed by atoms with van der Waals surface area (Å²) in [5.41, 5.74) is 1.65. The molecule has 3 heterocycles. The van der Waals surface area contributed by atoms with Gasteiger partial charge in [0, 0.05) is 24.2 Å². The molecule has 1 amide bonds. The number of ether oxygens (including phenoxy) is 3. The minimum absolute atomic E-state index is 0.150. The number of nitrogens with zero attached hydrogens (tertiary/aromatic N) is 4. The topological polar surface area (TPSA) is 98.7 Å². The molecule has 9 nitrogen and oxygen atoms in total. The number of amides is 1. The highest BCUT2D eigenvalue weighted by Gasteiger charge is 2.32. The molecule has 1 fully saturated rings. The first-order valence-corrected chi connectivity index (χ1v) is 10.5. The highest BCUT2D eigenvalue weighted by atomic mass is 16.5. The molecule has 0 atom stereocenters. The Kier molecular flexibility index (Phi) is 5.55. The summed E-state index contributed by atoms with van der Waals surface area (Å²) in [7, 11) is 1.51. The molecule has 1 saturated heterocycles. The summed E-state index contributed by atoms with van der Waals surface area (Å²) in [6, 6.07) is 15.4. The van der Waals surface area contributed by atoms with Gasteiger partial charge >= 0.3 is 6.01 Å². The monoisotopic (exact) mass is 433 g/mol. The Morgan fingerprint density at radius 2 is 1.69 bits per heavy atom. The number of rotatable bonds is 5. The molecule has 3 aromatic rings. The van der Waals surface area contributed by atoms with Gasteiger partial charge in [0.05, 0.1) is 32.8 Å². The van der Waals surface area contributed by atoms with Crippen LogP contribution in [0.15, 0.2) is 48.5 Å². The molecule has 2 aromatic carbocycles. The van der Waals surface area contributed by atoms with Crippen LogP contribution in [0, 0.1) is 0 Å². The van der Waals surface area contributed by atoms with Crippen molar-refractivity contribution in [3.63, 3.8) is 0 Å². The van der Waals surface area contributed by atoms with E-state index in [0.29, 0.717) is 49.6 Å². The van der Waals surface area contributed by atoms with Crippen LogP contribution in [0.1, 0.15) is 22.9 Å². The third-order valence-electron chi connectivity index (χ3n) is 5.49. The molecule has 0 saturated carbocycles. The van der Waals surface area contributed by atoms with Gasteiger partial charge in [0.15, 0.2) is 5.82 Å². The fourth-order valence-electron chi connectivity index (χ4n) is 3.92. The zero-order chi connectivity index (χ0) is 21.9. The van der Waals surface area contributed by atoms with Gasteiger partial charge in [-0.3, -0.25) is 4.79 Å². The molecule has 0 radical (unpaired) electrons. The molecule has 2 aliphatic heterocycles. The van der Waals surface area contributed by atoms with Crippen molar-refractivity contribution in [3.05, 3.63) is 65.5 Å². The number of fused-ring (bicyclic) bond motifs is 2. The van der Waals surface area contributed by atoms with Crippen LogP contribution < -0.4 is 19.7 Å². The molecule has 1 aromatic heterocycles. The van der Waals surface area contributed by atoms with Gasteiger partial charge in [-0.1, -0.05) is 36.4 Å². The highest BCUT2D eigenvalue weighted by molar-refractivity contribution is 5.89. The van der Waals surface area contributed by atoms with Gasteiger partial charge in [-0.05, 0) is 12.1 Å². The summed E-state index contributed by atoms with van der Waals surface area (Å²) < 4.78 is 16.6. The predicted octanol–water partition coefficient (Wildman–Crippen LogP) is 2.27. The molecule has 0 unspecified atom stereocenters. The largest absolute Gasteiger partial charge is 0.467 e. The van der Waals surface area contributed by atoms with Crippen LogP contribution in [0.4, 0.5) is 5.95 Å². The third kappa shape index (κ3) is 3.94. The van der Waals surface area contributed by atoms with Gasteiger partial charge in [0.25, 0.3) is 0 Å². The lowest BCUT2D eigenvalue weighted by molar-refractivity contribution is -0.122. The maximum atomic E-state index is 13.3. The van der Waals surface area contributed by atoms with Gasteiger partial charge in [-0.25, -0.2) is 0 Å². The zero-order valence-corrected chi connectivity index (χ0v) is 17.7. The number of benzene rings is 2. The second-order valence-corrected chi connectivity index (χ2v) is 7.47. The van der Waals surface area contributed by atoms with E-state index in [1.54, 1.807) is 0 Å². The van der Waals surface area contributed by atoms with Crippen LogP contribution in [0.5, 0.6) is 17.5 Å². The highest BCUT2D eigenvalue weighted by Crippen LogP contribution is 2.43. The number of carbonyl (C=O) groups excluding carboxylic acids is 1. The minimum atomic E-state index is -0.487. The van der Waals surface area contributed by atoms with E-state index >= 15 is 0 Å². The van der Waals surface area contributed by atoms with Gasteiger partial charge < -0.3 is 24.4 Å². The number of methoxy groups -OCH3 is 1. The van der Waals surface area contributed by atoms with E-state index in [-0.39, 0.29) is 18.5 Å². The molecule has 1 N–H and O–H groups in total. The molecular weight excluding hydrogens is 410 g/mol. The Morgan fingerprint density at radius 3 is 2.34 bits per heavy atom. The van der Waals surface area contributed by atoms with Crippen molar-refractivity contribution in [2.24, 2.45) is 0 Å². The van der Waals surface area contributed by atoms with Crippen molar-refractivity contribution < 1.29 is 19.0 Å². The number of para-hydroxylation sites is 2. The van der Waals surface area contributed by atoms with Crippen LogP contribution in [-0.4, -0.2) is 54.3 Å². The number of hydrogen-bond donors (Lipinski definition) is 1. The molecular formula is C23H23N5O4. The van der Waals surface area contributed by atoms with Gasteiger partial charge in [-0.15, -0.1) is 0 Å². The summed E-state index contributed by atoms with van der Waals surface area (Å²) in [5.74, 6) is 1.68. The first-order valence-electron chi connectivity index (χ1n) is 10.5.